The lowest BCUT2D eigenvalue weighted by Gasteiger charge is -2.31. The van der Waals surface area contributed by atoms with Gasteiger partial charge in [0.1, 0.15) is 0 Å². The van der Waals surface area contributed by atoms with Crippen molar-refractivity contribution < 1.29 is 9.53 Å². The first-order chi connectivity index (χ1) is 13.2. The Hall–Kier alpha value is -2.19. The number of amides is 1. The van der Waals surface area contributed by atoms with Gasteiger partial charge in [-0.05, 0) is 25.7 Å². The summed E-state index contributed by atoms with van der Waals surface area (Å²) in [6, 6.07) is 0. The summed E-state index contributed by atoms with van der Waals surface area (Å²) in [5.74, 6) is 0.470. The van der Waals surface area contributed by atoms with Gasteiger partial charge in [0.2, 0.25) is 5.95 Å². The molecule has 2 N–H and O–H groups in total. The lowest BCUT2D eigenvalue weighted by Crippen LogP contribution is -2.35. The highest BCUT2D eigenvalue weighted by Gasteiger charge is 2.29. The van der Waals surface area contributed by atoms with Crippen LogP contribution in [-0.4, -0.2) is 52.3 Å². The van der Waals surface area contributed by atoms with Gasteiger partial charge in [0.05, 0.1) is 23.5 Å². The summed E-state index contributed by atoms with van der Waals surface area (Å²) in [6.45, 7) is 3.04. The molecule has 8 nitrogen and oxygen atoms in total. The molecule has 0 bridgehead atoms. The number of carbonyl (C=O) groups is 1. The van der Waals surface area contributed by atoms with Crippen molar-refractivity contribution in [3.05, 3.63) is 34.9 Å². The zero-order valence-electron chi connectivity index (χ0n) is 15.0. The third-order valence-electron chi connectivity index (χ3n) is 5.15. The molecule has 0 spiro atoms. The van der Waals surface area contributed by atoms with Crippen molar-refractivity contribution in [2.45, 2.75) is 31.8 Å². The molecule has 0 saturated carbocycles. The van der Waals surface area contributed by atoms with Crippen LogP contribution in [0.5, 0.6) is 0 Å². The molecule has 2 saturated heterocycles. The van der Waals surface area contributed by atoms with Crippen molar-refractivity contribution in [1.82, 2.24) is 25.5 Å². The molecule has 9 heteroatoms. The number of H-pyrrole nitrogens is 1. The van der Waals surface area contributed by atoms with Gasteiger partial charge in [-0.2, -0.15) is 5.10 Å². The molecule has 4 heterocycles. The number of halogens is 1. The summed E-state index contributed by atoms with van der Waals surface area (Å²) in [7, 11) is 0. The molecule has 0 aliphatic carbocycles. The molecule has 0 unspecified atom stereocenters. The van der Waals surface area contributed by atoms with E-state index in [9.17, 15) is 4.79 Å². The number of aromatic amines is 1. The van der Waals surface area contributed by atoms with Crippen LogP contribution in [0, 0.1) is 5.92 Å². The number of carbonyl (C=O) groups excluding carboxylic acids is 1. The van der Waals surface area contributed by atoms with Gasteiger partial charge in [-0.1, -0.05) is 11.6 Å². The van der Waals surface area contributed by atoms with Gasteiger partial charge >= 0.3 is 0 Å². The van der Waals surface area contributed by atoms with E-state index in [0.717, 1.165) is 50.9 Å². The molecule has 144 valence electrons. The van der Waals surface area contributed by atoms with E-state index in [1.165, 1.54) is 6.20 Å². The van der Waals surface area contributed by atoms with E-state index in [2.05, 4.69) is 30.4 Å². The lowest BCUT2D eigenvalue weighted by molar-refractivity contribution is -0.0272. The van der Waals surface area contributed by atoms with E-state index >= 15 is 0 Å². The van der Waals surface area contributed by atoms with E-state index in [4.69, 9.17) is 16.3 Å². The van der Waals surface area contributed by atoms with Crippen LogP contribution in [-0.2, 0) is 4.74 Å². The van der Waals surface area contributed by atoms with Gasteiger partial charge in [0.15, 0.2) is 5.69 Å². The molecule has 1 amide bonds. The monoisotopic (exact) mass is 390 g/mol. The fraction of sp³-hybridized carbons (Fsp3) is 0.556. The van der Waals surface area contributed by atoms with Gasteiger partial charge in [-0.25, -0.2) is 9.97 Å². The Labute approximate surface area is 162 Å². The topological polar surface area (TPSA) is 96.0 Å². The summed E-state index contributed by atoms with van der Waals surface area (Å²) >= 11 is 6.19. The zero-order chi connectivity index (χ0) is 18.6. The van der Waals surface area contributed by atoms with E-state index < -0.39 is 0 Å². The van der Waals surface area contributed by atoms with E-state index in [1.807, 2.05) is 6.20 Å². The summed E-state index contributed by atoms with van der Waals surface area (Å²) < 4.78 is 5.91. The van der Waals surface area contributed by atoms with Crippen molar-refractivity contribution >= 4 is 23.5 Å². The van der Waals surface area contributed by atoms with Crippen LogP contribution < -0.4 is 10.2 Å². The van der Waals surface area contributed by atoms with Crippen molar-refractivity contribution in [3.63, 3.8) is 0 Å². The van der Waals surface area contributed by atoms with Crippen LogP contribution in [0.2, 0.25) is 5.02 Å². The molecule has 2 aliphatic heterocycles. The first-order valence-corrected chi connectivity index (χ1v) is 9.76. The van der Waals surface area contributed by atoms with Crippen LogP contribution in [0.15, 0.2) is 18.6 Å². The average molecular weight is 391 g/mol. The Morgan fingerprint density at radius 1 is 1.33 bits per heavy atom. The maximum Gasteiger partial charge on any atom is 0.271 e. The average Bonchev–Trinajstić information content (AvgIpc) is 3.40. The predicted octanol–water partition coefficient (Wildman–Crippen LogP) is 2.35. The molecule has 2 atom stereocenters. The van der Waals surface area contributed by atoms with Crippen molar-refractivity contribution in [1.29, 1.82) is 0 Å². The molecule has 2 fully saturated rings. The standard InChI is InChI=1S/C18H23ClN6O2/c19-14-11-21-18(25-5-1-2-6-25)24-15(14)17(26)20-8-12-4-3-7-27-16(12)13-9-22-23-10-13/h9-12,16H,1-8H2,(H,20,26)(H,22,23)/t12-,16+/m0/s1. The molecule has 4 rings (SSSR count). The number of hydrogen-bond donors (Lipinski definition) is 2. The van der Waals surface area contributed by atoms with Crippen LogP contribution in [0.1, 0.15) is 47.8 Å². The van der Waals surface area contributed by atoms with Gasteiger partial charge in [-0.15, -0.1) is 0 Å². The smallest absolute Gasteiger partial charge is 0.271 e. The van der Waals surface area contributed by atoms with Crippen LogP contribution in [0.3, 0.4) is 0 Å². The zero-order valence-corrected chi connectivity index (χ0v) is 15.8. The second-order valence-corrected chi connectivity index (χ2v) is 7.40. The summed E-state index contributed by atoms with van der Waals surface area (Å²) in [4.78, 5) is 23.5. The highest BCUT2D eigenvalue weighted by Crippen LogP contribution is 2.32. The Bertz CT molecular complexity index is 778. The van der Waals surface area contributed by atoms with Crippen LogP contribution >= 0.6 is 11.6 Å². The maximum absolute atomic E-state index is 12.7. The first-order valence-electron chi connectivity index (χ1n) is 9.38. The fourth-order valence-corrected chi connectivity index (χ4v) is 3.91. The summed E-state index contributed by atoms with van der Waals surface area (Å²) in [6.07, 6.45) is 9.24. The van der Waals surface area contributed by atoms with Crippen LogP contribution in [0.4, 0.5) is 5.95 Å². The largest absolute Gasteiger partial charge is 0.373 e. The third kappa shape index (κ3) is 4.06. The number of hydrogen-bond acceptors (Lipinski definition) is 6. The van der Waals surface area contributed by atoms with Gasteiger partial charge in [0, 0.05) is 43.9 Å². The highest BCUT2D eigenvalue weighted by atomic mass is 35.5. The molecule has 2 aromatic rings. The lowest BCUT2D eigenvalue weighted by atomic mass is 9.91. The minimum atomic E-state index is -0.278. The summed E-state index contributed by atoms with van der Waals surface area (Å²) in [5.41, 5.74) is 1.23. The highest BCUT2D eigenvalue weighted by molar-refractivity contribution is 6.33. The predicted molar refractivity (Wildman–Crippen MR) is 101 cm³/mol. The first kappa shape index (κ1) is 18.2. The number of anilines is 1. The maximum atomic E-state index is 12.7. The Morgan fingerprint density at radius 2 is 2.19 bits per heavy atom. The molecule has 0 aromatic carbocycles. The molecule has 2 aliphatic rings. The SMILES string of the molecule is O=C(NC[C@@H]1CCCO[C@H]1c1cn[nH]c1)c1nc(N2CCCC2)ncc1Cl. The van der Waals surface area contributed by atoms with E-state index in [1.54, 1.807) is 6.20 Å². The molecule has 2 aromatic heterocycles. The van der Waals surface area contributed by atoms with E-state index in [-0.39, 0.29) is 28.6 Å². The second-order valence-electron chi connectivity index (χ2n) is 7.00. The van der Waals surface area contributed by atoms with Gasteiger partial charge in [-0.3, -0.25) is 9.89 Å². The van der Waals surface area contributed by atoms with Crippen LogP contribution in [0.25, 0.3) is 0 Å². The van der Waals surface area contributed by atoms with Crippen molar-refractivity contribution in [2.24, 2.45) is 5.92 Å². The number of aromatic nitrogens is 4. The molecular formula is C18H23ClN6O2. The van der Waals surface area contributed by atoms with Crippen molar-refractivity contribution in [3.8, 4) is 0 Å². The van der Waals surface area contributed by atoms with E-state index in [0.29, 0.717) is 12.5 Å². The van der Waals surface area contributed by atoms with Gasteiger partial charge < -0.3 is 15.0 Å². The molecular weight excluding hydrogens is 368 g/mol. The normalized spacial score (nSPS) is 22.8. The number of nitrogens with zero attached hydrogens (tertiary/aromatic N) is 4. The van der Waals surface area contributed by atoms with Gasteiger partial charge in [0.25, 0.3) is 5.91 Å². The number of ether oxygens (including phenoxy) is 1. The Balaban J connectivity index is 1.43. The number of nitrogens with one attached hydrogen (secondary N) is 2. The number of rotatable bonds is 5. The molecule has 27 heavy (non-hydrogen) atoms. The fourth-order valence-electron chi connectivity index (χ4n) is 3.73. The molecule has 0 radical (unpaired) electrons. The Kier molecular flexibility index (Phi) is 5.54. The minimum Gasteiger partial charge on any atom is -0.373 e. The summed E-state index contributed by atoms with van der Waals surface area (Å²) in [5, 5.41) is 10.1. The quantitative estimate of drug-likeness (QED) is 0.813. The minimum absolute atomic E-state index is 0.0705. The van der Waals surface area contributed by atoms with Crippen molar-refractivity contribution in [2.75, 3.05) is 31.1 Å². The Morgan fingerprint density at radius 3 is 2.96 bits per heavy atom. The second kappa shape index (κ2) is 8.22. The third-order valence-corrected chi connectivity index (χ3v) is 5.43.